The molecule has 2 heterocycles. The van der Waals surface area contributed by atoms with Crippen molar-refractivity contribution in [1.82, 2.24) is 14.9 Å². The highest BCUT2D eigenvalue weighted by molar-refractivity contribution is 5.89. The maximum atomic E-state index is 14.0. The van der Waals surface area contributed by atoms with Gasteiger partial charge in [-0.25, -0.2) is 14.8 Å². The fourth-order valence-corrected chi connectivity index (χ4v) is 6.19. The second kappa shape index (κ2) is 13.7. The van der Waals surface area contributed by atoms with Crippen LogP contribution >= 0.6 is 0 Å². The number of pyridine rings is 2. The first-order chi connectivity index (χ1) is 24.2. The highest BCUT2D eigenvalue weighted by atomic mass is 19.4. The minimum absolute atomic E-state index is 0.00838. The Morgan fingerprint density at radius 2 is 1.50 bits per heavy atom. The maximum Gasteiger partial charge on any atom is 0.433 e. The van der Waals surface area contributed by atoms with Gasteiger partial charge in [0.2, 0.25) is 12.3 Å². The van der Waals surface area contributed by atoms with Crippen LogP contribution in [-0.2, 0) is 34.6 Å². The van der Waals surface area contributed by atoms with E-state index >= 15 is 0 Å². The lowest BCUT2D eigenvalue weighted by Gasteiger charge is -2.35. The molecule has 0 radical (unpaired) electrons. The number of nitrogens with zero attached hydrogens (tertiary/aromatic N) is 3. The van der Waals surface area contributed by atoms with Crippen molar-refractivity contribution < 1.29 is 63.7 Å². The number of rotatable bonds is 11. The molecule has 17 heteroatoms. The lowest BCUT2D eigenvalue weighted by molar-refractivity contribution is -0.144. The number of carbonyl (C=O) groups excluding carboxylic acids is 1. The number of halogens is 9. The molecule has 0 aliphatic heterocycles. The Morgan fingerprint density at radius 1 is 0.885 bits per heavy atom. The summed E-state index contributed by atoms with van der Waals surface area (Å²) in [6, 6.07) is 8.47. The first-order valence-corrected chi connectivity index (χ1v) is 15.2. The summed E-state index contributed by atoms with van der Waals surface area (Å²) in [4.78, 5) is 33.2. The van der Waals surface area contributed by atoms with E-state index in [2.05, 4.69) is 9.97 Å². The number of hydrogen-bond acceptors (Lipinski definition) is 6. The second-order valence-corrected chi connectivity index (χ2v) is 12.1. The molecule has 2 aromatic carbocycles. The van der Waals surface area contributed by atoms with Crippen molar-refractivity contribution in [2.24, 2.45) is 0 Å². The van der Waals surface area contributed by atoms with Crippen LogP contribution in [0.1, 0.15) is 62.9 Å². The predicted octanol–water partition coefficient (Wildman–Crippen LogP) is 8.76. The number of methoxy groups -OCH3 is 2. The van der Waals surface area contributed by atoms with Gasteiger partial charge in [-0.1, -0.05) is 12.1 Å². The number of aromatic carboxylic acids is 1. The molecule has 0 spiro atoms. The number of ether oxygens (including phenoxy) is 2. The molecule has 1 fully saturated rings. The molecule has 1 N–H and O–H groups in total. The Bertz CT molecular complexity index is 1980. The zero-order valence-electron chi connectivity index (χ0n) is 27.4. The van der Waals surface area contributed by atoms with E-state index in [1.54, 1.807) is 6.92 Å². The molecule has 4 aromatic rings. The van der Waals surface area contributed by atoms with E-state index in [9.17, 15) is 54.2 Å². The molecule has 1 aliphatic rings. The standard InChI is InChI=1S/C35H28F9N3O5/c1-18-10-19(31(49)50)4-5-24(18)21-13-26(30(52-3)45-15-21)25-6-7-28(35(42,43)44)46-27(25)16-47(17-48)32(8-9-32)29(51-2)20-11-22(33(36,37)38)14-23(12-20)34(39,40)41/h4-7,10-15,17,29H,8-9,16H2,1-3H3,(H,49,50)/t29-/m1/s1. The van der Waals surface area contributed by atoms with Crippen molar-refractivity contribution in [2.45, 2.75) is 56.5 Å². The van der Waals surface area contributed by atoms with E-state index in [1.165, 1.54) is 37.6 Å². The van der Waals surface area contributed by atoms with Crippen molar-refractivity contribution in [2.75, 3.05) is 14.2 Å². The number of aryl methyl sites for hydroxylation is 1. The third kappa shape index (κ3) is 7.54. The largest absolute Gasteiger partial charge is 0.481 e. The predicted molar refractivity (Wildman–Crippen MR) is 166 cm³/mol. The molecule has 276 valence electrons. The van der Waals surface area contributed by atoms with Gasteiger partial charge in [0, 0.05) is 30.0 Å². The quantitative estimate of drug-likeness (QED) is 0.121. The van der Waals surface area contributed by atoms with Crippen LogP contribution in [0.4, 0.5) is 39.5 Å². The van der Waals surface area contributed by atoms with Gasteiger partial charge in [-0.2, -0.15) is 39.5 Å². The number of aromatic nitrogens is 2. The Kier molecular flexibility index (Phi) is 10.1. The average Bonchev–Trinajstić information content (AvgIpc) is 3.87. The summed E-state index contributed by atoms with van der Waals surface area (Å²) in [5, 5.41) is 9.36. The molecule has 2 aromatic heterocycles. The van der Waals surface area contributed by atoms with Crippen LogP contribution in [0.3, 0.4) is 0 Å². The summed E-state index contributed by atoms with van der Waals surface area (Å²) >= 11 is 0. The van der Waals surface area contributed by atoms with Gasteiger partial charge in [-0.05, 0) is 78.9 Å². The van der Waals surface area contributed by atoms with Gasteiger partial charge in [0.05, 0.1) is 41.6 Å². The number of hydrogen-bond donors (Lipinski definition) is 1. The zero-order chi connectivity index (χ0) is 38.4. The van der Waals surface area contributed by atoms with Gasteiger partial charge >= 0.3 is 24.5 Å². The van der Waals surface area contributed by atoms with E-state index in [0.29, 0.717) is 34.9 Å². The van der Waals surface area contributed by atoms with Crippen LogP contribution < -0.4 is 4.74 Å². The Hall–Kier alpha value is -5.19. The third-order valence-electron chi connectivity index (χ3n) is 8.80. The van der Waals surface area contributed by atoms with Crippen LogP contribution in [0.5, 0.6) is 5.88 Å². The normalized spacial score (nSPS) is 14.8. The van der Waals surface area contributed by atoms with Crippen molar-refractivity contribution in [3.63, 3.8) is 0 Å². The average molecular weight is 742 g/mol. The van der Waals surface area contributed by atoms with E-state index in [1.807, 2.05) is 0 Å². The van der Waals surface area contributed by atoms with E-state index in [0.717, 1.165) is 18.1 Å². The second-order valence-electron chi connectivity index (χ2n) is 12.1. The van der Waals surface area contributed by atoms with Crippen LogP contribution in [-0.4, -0.2) is 52.1 Å². The summed E-state index contributed by atoms with van der Waals surface area (Å²) in [6.07, 6.45) is -15.2. The molecule has 0 saturated heterocycles. The topological polar surface area (TPSA) is 102 Å². The molecule has 1 atom stereocenters. The van der Waals surface area contributed by atoms with E-state index in [-0.39, 0.29) is 53.6 Å². The molecule has 52 heavy (non-hydrogen) atoms. The fourth-order valence-electron chi connectivity index (χ4n) is 6.19. The number of carboxylic acids is 1. The van der Waals surface area contributed by atoms with Crippen LogP contribution in [0.25, 0.3) is 22.3 Å². The van der Waals surface area contributed by atoms with Crippen LogP contribution in [0.2, 0.25) is 0 Å². The van der Waals surface area contributed by atoms with Gasteiger partial charge in [0.15, 0.2) is 0 Å². The van der Waals surface area contributed by atoms with Gasteiger partial charge in [0.25, 0.3) is 0 Å². The van der Waals surface area contributed by atoms with Gasteiger partial charge in [-0.3, -0.25) is 4.79 Å². The first kappa shape index (κ1) is 38.1. The summed E-state index contributed by atoms with van der Waals surface area (Å²) in [7, 11) is 2.28. The Morgan fingerprint density at radius 3 is 1.98 bits per heavy atom. The molecular weight excluding hydrogens is 713 g/mol. The first-order valence-electron chi connectivity index (χ1n) is 15.2. The number of carbonyl (C=O) groups is 2. The number of carboxylic acid groups (broad SMARTS) is 1. The number of benzene rings is 2. The lowest BCUT2D eigenvalue weighted by Crippen LogP contribution is -2.42. The summed E-state index contributed by atoms with van der Waals surface area (Å²) in [5.41, 5.74) is -5.43. The maximum absolute atomic E-state index is 14.0. The SMILES string of the molecule is COc1ncc(-c2ccc(C(=O)O)cc2C)cc1-c1ccc(C(F)(F)F)nc1CN(C=O)C1([C@H](OC)c2cc(C(F)(F)F)cc(C(F)(F)F)c2)CC1. The molecule has 0 bridgehead atoms. The molecule has 1 amide bonds. The van der Waals surface area contributed by atoms with Crippen molar-refractivity contribution in [3.05, 3.63) is 100.0 Å². The summed E-state index contributed by atoms with van der Waals surface area (Å²) in [6.45, 7) is 0.954. The fraction of sp³-hybridized carbons (Fsp3) is 0.314. The molecular formula is C35H28F9N3O5. The van der Waals surface area contributed by atoms with Gasteiger partial charge in [-0.15, -0.1) is 0 Å². The lowest BCUT2D eigenvalue weighted by atomic mass is 9.93. The smallest absolute Gasteiger partial charge is 0.433 e. The zero-order valence-corrected chi connectivity index (χ0v) is 27.4. The summed E-state index contributed by atoms with van der Waals surface area (Å²) in [5.74, 6) is -1.23. The van der Waals surface area contributed by atoms with E-state index in [4.69, 9.17) is 9.47 Å². The van der Waals surface area contributed by atoms with Crippen LogP contribution in [0, 0.1) is 6.92 Å². The number of amides is 1. The van der Waals surface area contributed by atoms with Crippen LogP contribution in [0.15, 0.2) is 60.8 Å². The molecule has 1 aliphatic carbocycles. The molecule has 1 saturated carbocycles. The van der Waals surface area contributed by atoms with Gasteiger partial charge < -0.3 is 19.5 Å². The van der Waals surface area contributed by atoms with Crippen molar-refractivity contribution in [3.8, 4) is 28.1 Å². The monoisotopic (exact) mass is 741 g/mol. The molecule has 8 nitrogen and oxygen atoms in total. The highest BCUT2D eigenvalue weighted by Crippen LogP contribution is 2.54. The third-order valence-corrected chi connectivity index (χ3v) is 8.80. The molecule has 5 rings (SSSR count). The number of alkyl halides is 9. The minimum Gasteiger partial charge on any atom is -0.481 e. The Balaban J connectivity index is 1.63. The van der Waals surface area contributed by atoms with Crippen molar-refractivity contribution in [1.29, 1.82) is 0 Å². The minimum atomic E-state index is -5.18. The van der Waals surface area contributed by atoms with Gasteiger partial charge in [0.1, 0.15) is 11.8 Å². The molecule has 0 unspecified atom stereocenters. The summed E-state index contributed by atoms with van der Waals surface area (Å²) < 4.78 is 135. The van der Waals surface area contributed by atoms with Crippen molar-refractivity contribution >= 4 is 12.4 Å². The highest BCUT2D eigenvalue weighted by Gasteiger charge is 2.56. The Labute approximate surface area is 289 Å². The van der Waals surface area contributed by atoms with E-state index < -0.39 is 65.1 Å².